The van der Waals surface area contributed by atoms with E-state index in [1.807, 2.05) is 37.3 Å². The summed E-state index contributed by atoms with van der Waals surface area (Å²) in [5.41, 5.74) is 4.16. The van der Waals surface area contributed by atoms with Crippen LogP contribution in [0.3, 0.4) is 0 Å². The molecule has 0 fully saturated rings. The van der Waals surface area contributed by atoms with Crippen molar-refractivity contribution in [1.29, 1.82) is 0 Å². The molecule has 0 saturated heterocycles. The quantitative estimate of drug-likeness (QED) is 0.699. The maximum Gasteiger partial charge on any atom is 0.111 e. The molecule has 0 atom stereocenters. The van der Waals surface area contributed by atoms with Gasteiger partial charge in [-0.3, -0.25) is 0 Å². The second-order valence-corrected chi connectivity index (χ2v) is 5.78. The number of aromatic nitrogens is 2. The van der Waals surface area contributed by atoms with Gasteiger partial charge in [0.05, 0.1) is 5.69 Å². The van der Waals surface area contributed by atoms with E-state index in [1.54, 1.807) is 6.07 Å². The molecular formula is C17H14Cl2N2. The Morgan fingerprint density at radius 1 is 1.05 bits per heavy atom. The average Bonchev–Trinajstić information content (AvgIpc) is 2.84. The van der Waals surface area contributed by atoms with Crippen molar-refractivity contribution in [3.8, 4) is 11.3 Å². The molecule has 0 saturated carbocycles. The van der Waals surface area contributed by atoms with Crippen molar-refractivity contribution in [2.45, 2.75) is 13.3 Å². The lowest BCUT2D eigenvalue weighted by molar-refractivity contribution is 1.02. The van der Waals surface area contributed by atoms with E-state index in [2.05, 4.69) is 17.1 Å². The van der Waals surface area contributed by atoms with E-state index in [0.717, 1.165) is 28.3 Å². The maximum atomic E-state index is 6.22. The molecule has 0 spiro atoms. The minimum atomic E-state index is 0.643. The summed E-state index contributed by atoms with van der Waals surface area (Å²) in [6.07, 6.45) is 0.656. The molecule has 0 aliphatic heterocycles. The van der Waals surface area contributed by atoms with Gasteiger partial charge in [-0.05, 0) is 24.6 Å². The van der Waals surface area contributed by atoms with Gasteiger partial charge in [-0.15, -0.1) is 0 Å². The van der Waals surface area contributed by atoms with Crippen LogP contribution in [0.2, 0.25) is 10.0 Å². The normalized spacial score (nSPS) is 10.8. The number of hydrogen-bond acceptors (Lipinski definition) is 1. The number of nitrogens with zero attached hydrogens (tertiary/aromatic N) is 1. The first-order chi connectivity index (χ1) is 10.1. The summed E-state index contributed by atoms with van der Waals surface area (Å²) in [6, 6.07) is 15.7. The summed E-state index contributed by atoms with van der Waals surface area (Å²) in [4.78, 5) is 8.02. The molecule has 0 aliphatic rings. The minimum absolute atomic E-state index is 0.643. The second-order valence-electron chi connectivity index (χ2n) is 4.94. The first-order valence-electron chi connectivity index (χ1n) is 6.68. The van der Waals surface area contributed by atoms with E-state index in [9.17, 15) is 0 Å². The second kappa shape index (κ2) is 5.92. The third-order valence-electron chi connectivity index (χ3n) is 3.35. The van der Waals surface area contributed by atoms with Crippen molar-refractivity contribution in [2.75, 3.05) is 0 Å². The molecule has 3 rings (SSSR count). The fourth-order valence-corrected chi connectivity index (χ4v) is 2.80. The molecule has 0 amide bonds. The van der Waals surface area contributed by atoms with Gasteiger partial charge in [-0.2, -0.15) is 0 Å². The predicted molar refractivity (Wildman–Crippen MR) is 88.0 cm³/mol. The lowest BCUT2D eigenvalue weighted by Crippen LogP contribution is -1.92. The van der Waals surface area contributed by atoms with Crippen LogP contribution in [0.5, 0.6) is 0 Å². The van der Waals surface area contributed by atoms with Crippen LogP contribution in [0, 0.1) is 6.92 Å². The standard InChI is InChI=1S/C17H14Cl2N2/c1-11-17(12-5-3-2-4-6-12)21-16(20-11)9-13-7-8-14(18)10-15(13)19/h2-8,10H,9H2,1H3,(H,20,21). The number of nitrogens with one attached hydrogen (secondary N) is 1. The summed E-state index contributed by atoms with van der Waals surface area (Å²) in [6.45, 7) is 2.03. The van der Waals surface area contributed by atoms with Crippen LogP contribution in [-0.2, 0) is 6.42 Å². The van der Waals surface area contributed by atoms with E-state index in [-0.39, 0.29) is 0 Å². The van der Waals surface area contributed by atoms with Gasteiger partial charge in [-0.1, -0.05) is 59.6 Å². The molecular weight excluding hydrogens is 303 g/mol. The number of rotatable bonds is 3. The van der Waals surface area contributed by atoms with Gasteiger partial charge >= 0.3 is 0 Å². The lowest BCUT2D eigenvalue weighted by atomic mass is 10.1. The van der Waals surface area contributed by atoms with Crippen molar-refractivity contribution in [2.24, 2.45) is 0 Å². The summed E-state index contributed by atoms with van der Waals surface area (Å²) < 4.78 is 0. The van der Waals surface area contributed by atoms with Gasteiger partial charge in [-0.25, -0.2) is 4.98 Å². The van der Waals surface area contributed by atoms with Crippen LogP contribution in [0.1, 0.15) is 17.1 Å². The topological polar surface area (TPSA) is 28.7 Å². The first-order valence-corrected chi connectivity index (χ1v) is 7.44. The zero-order valence-corrected chi connectivity index (χ0v) is 13.0. The van der Waals surface area contributed by atoms with Crippen LogP contribution < -0.4 is 0 Å². The Morgan fingerprint density at radius 2 is 1.81 bits per heavy atom. The molecule has 1 aromatic heterocycles. The highest BCUT2D eigenvalue weighted by Gasteiger charge is 2.10. The Bertz CT molecular complexity index is 764. The van der Waals surface area contributed by atoms with E-state index >= 15 is 0 Å². The largest absolute Gasteiger partial charge is 0.345 e. The van der Waals surface area contributed by atoms with E-state index in [0.29, 0.717) is 16.5 Å². The zero-order valence-electron chi connectivity index (χ0n) is 11.5. The fourth-order valence-electron chi connectivity index (χ4n) is 2.33. The van der Waals surface area contributed by atoms with E-state index in [4.69, 9.17) is 28.2 Å². The molecule has 4 heteroatoms. The highest BCUT2D eigenvalue weighted by atomic mass is 35.5. The van der Waals surface area contributed by atoms with Crippen LogP contribution in [0.15, 0.2) is 48.5 Å². The van der Waals surface area contributed by atoms with Crippen molar-refractivity contribution in [1.82, 2.24) is 9.97 Å². The summed E-state index contributed by atoms with van der Waals surface area (Å²) >= 11 is 12.1. The first kappa shape index (κ1) is 14.2. The maximum absolute atomic E-state index is 6.22. The van der Waals surface area contributed by atoms with Crippen molar-refractivity contribution in [3.63, 3.8) is 0 Å². The van der Waals surface area contributed by atoms with Gasteiger partial charge in [0.15, 0.2) is 0 Å². The van der Waals surface area contributed by atoms with Crippen molar-refractivity contribution < 1.29 is 0 Å². The Labute approximate surface area is 133 Å². The summed E-state index contributed by atoms with van der Waals surface area (Å²) in [7, 11) is 0. The van der Waals surface area contributed by atoms with Gasteiger partial charge in [0.2, 0.25) is 0 Å². The summed E-state index contributed by atoms with van der Waals surface area (Å²) in [5.74, 6) is 0.899. The molecule has 2 nitrogen and oxygen atoms in total. The number of hydrogen-bond donors (Lipinski definition) is 1. The highest BCUT2D eigenvalue weighted by Crippen LogP contribution is 2.25. The smallest absolute Gasteiger partial charge is 0.111 e. The van der Waals surface area contributed by atoms with E-state index < -0.39 is 0 Å². The van der Waals surface area contributed by atoms with Crippen LogP contribution in [0.25, 0.3) is 11.3 Å². The molecule has 0 aliphatic carbocycles. The Morgan fingerprint density at radius 3 is 2.52 bits per heavy atom. The number of imidazole rings is 1. The number of benzene rings is 2. The SMILES string of the molecule is Cc1[nH]c(Cc2ccc(Cl)cc2Cl)nc1-c1ccccc1. The van der Waals surface area contributed by atoms with Gasteiger partial charge in [0.25, 0.3) is 0 Å². The number of aryl methyl sites for hydroxylation is 1. The molecule has 1 heterocycles. The highest BCUT2D eigenvalue weighted by molar-refractivity contribution is 6.35. The predicted octanol–water partition coefficient (Wildman–Crippen LogP) is 5.28. The number of aromatic amines is 1. The lowest BCUT2D eigenvalue weighted by Gasteiger charge is -2.02. The van der Waals surface area contributed by atoms with Crippen LogP contribution in [0.4, 0.5) is 0 Å². The number of H-pyrrole nitrogens is 1. The van der Waals surface area contributed by atoms with Crippen molar-refractivity contribution >= 4 is 23.2 Å². The summed E-state index contributed by atoms with van der Waals surface area (Å²) in [5, 5.41) is 1.31. The monoisotopic (exact) mass is 316 g/mol. The molecule has 0 bridgehead atoms. The minimum Gasteiger partial charge on any atom is -0.345 e. The van der Waals surface area contributed by atoms with Gasteiger partial charge in [0.1, 0.15) is 5.82 Å². The Balaban J connectivity index is 1.91. The van der Waals surface area contributed by atoms with Gasteiger partial charge < -0.3 is 4.98 Å². The Hall–Kier alpha value is -1.77. The zero-order chi connectivity index (χ0) is 14.8. The van der Waals surface area contributed by atoms with Gasteiger partial charge in [0, 0.05) is 27.7 Å². The molecule has 1 N–H and O–H groups in total. The molecule has 0 radical (unpaired) electrons. The van der Waals surface area contributed by atoms with Crippen LogP contribution in [-0.4, -0.2) is 9.97 Å². The van der Waals surface area contributed by atoms with Crippen molar-refractivity contribution in [3.05, 3.63) is 75.7 Å². The van der Waals surface area contributed by atoms with E-state index in [1.165, 1.54) is 0 Å². The average molecular weight is 317 g/mol. The number of halogens is 2. The molecule has 3 aromatic rings. The van der Waals surface area contributed by atoms with Crippen LogP contribution >= 0.6 is 23.2 Å². The molecule has 21 heavy (non-hydrogen) atoms. The molecule has 0 unspecified atom stereocenters. The fraction of sp³-hybridized carbons (Fsp3) is 0.118. The third-order valence-corrected chi connectivity index (χ3v) is 3.94. The Kier molecular flexibility index (Phi) is 4.00. The molecule has 2 aromatic carbocycles. The molecule has 106 valence electrons. The third kappa shape index (κ3) is 3.12.